The molecule has 0 N–H and O–H groups in total. The van der Waals surface area contributed by atoms with Crippen molar-refractivity contribution in [2.24, 2.45) is 0 Å². The van der Waals surface area contributed by atoms with Crippen LogP contribution in [0.15, 0.2) is 18.2 Å². The van der Waals surface area contributed by atoms with Crippen LogP contribution in [0.25, 0.3) is 0 Å². The van der Waals surface area contributed by atoms with Crippen molar-refractivity contribution in [3.8, 4) is 6.07 Å². The number of hydrogen-bond donors (Lipinski definition) is 0. The highest BCUT2D eigenvalue weighted by Gasteiger charge is 2.36. The minimum absolute atomic E-state index is 0.484. The fourth-order valence-corrected chi connectivity index (χ4v) is 1.02. The summed E-state index contributed by atoms with van der Waals surface area (Å²) in [5.41, 5.74) is -0.991. The van der Waals surface area contributed by atoms with Crippen LogP contribution in [0.3, 0.4) is 0 Å². The lowest BCUT2D eigenvalue weighted by atomic mass is 10.1. The second-order valence-corrected chi connectivity index (χ2v) is 3.11. The topological polar surface area (TPSA) is 40.9 Å². The van der Waals surface area contributed by atoms with E-state index in [4.69, 9.17) is 5.26 Å². The van der Waals surface area contributed by atoms with Crippen molar-refractivity contribution < 1.29 is 18.0 Å². The maximum Gasteiger partial charge on any atom is 0.384 e. The molecule has 0 radical (unpaired) electrons. The third-order valence-electron chi connectivity index (χ3n) is 1.61. The summed E-state index contributed by atoms with van der Waals surface area (Å²) < 4.78 is 37.5. The molecule has 0 aliphatic carbocycles. The summed E-state index contributed by atoms with van der Waals surface area (Å²) in [6, 6.07) is 3.76. The summed E-state index contributed by atoms with van der Waals surface area (Å²) in [7, 11) is 0. The van der Waals surface area contributed by atoms with E-state index in [2.05, 4.69) is 11.6 Å². The number of halogens is 4. The van der Waals surface area contributed by atoms with Crippen LogP contribution in [0, 0.1) is 17.1 Å². The molecule has 1 rings (SSSR count). The van der Waals surface area contributed by atoms with Gasteiger partial charge in [-0.15, -0.1) is 0 Å². The average Bonchev–Trinajstić information content (AvgIpc) is 2.16. The molecule has 0 bridgehead atoms. The summed E-state index contributed by atoms with van der Waals surface area (Å²) in [6.45, 7) is 0. The van der Waals surface area contributed by atoms with Gasteiger partial charge in [-0.1, -0.05) is 0 Å². The van der Waals surface area contributed by atoms with E-state index in [0.717, 1.165) is 18.2 Å². The zero-order valence-electron chi connectivity index (χ0n) is 7.10. The lowest BCUT2D eigenvalue weighted by Gasteiger charge is -2.06. The summed E-state index contributed by atoms with van der Waals surface area (Å²) in [5.74, 6) is -2.55. The number of carbonyl (C=O) groups is 1. The molecule has 0 saturated heterocycles. The molecule has 1 aromatic rings. The zero-order valence-corrected chi connectivity index (χ0v) is 7.86. The van der Waals surface area contributed by atoms with E-state index in [1.807, 2.05) is 0 Å². The van der Waals surface area contributed by atoms with Crippen LogP contribution in [-0.4, -0.2) is 11.2 Å². The number of carbonyl (C=O) groups excluding carboxylic acids is 1. The number of ketones is 1. The van der Waals surface area contributed by atoms with Crippen molar-refractivity contribution >= 4 is 17.4 Å². The molecule has 0 unspecified atom stereocenters. The molecule has 0 saturated carbocycles. The minimum Gasteiger partial charge on any atom is -0.286 e. The second-order valence-electron chi connectivity index (χ2n) is 2.63. The minimum atomic E-state index is -4.05. The first-order chi connectivity index (χ1) is 6.86. The molecule has 2 nitrogen and oxygen atoms in total. The number of benzene rings is 1. The summed E-state index contributed by atoms with van der Waals surface area (Å²) >= 11 is 4.49. The molecule has 0 fully saturated rings. The smallest absolute Gasteiger partial charge is 0.286 e. The number of hydrogen-bond acceptors (Lipinski definition) is 2. The van der Waals surface area contributed by atoms with Gasteiger partial charge in [0, 0.05) is 5.56 Å². The lowest BCUT2D eigenvalue weighted by Crippen LogP contribution is -2.21. The Bertz CT molecular complexity index is 448. The lowest BCUT2D eigenvalue weighted by molar-refractivity contribution is 0.0536. The molecule has 15 heavy (non-hydrogen) atoms. The number of alkyl halides is 3. The first kappa shape index (κ1) is 11.5. The van der Waals surface area contributed by atoms with E-state index in [1.54, 1.807) is 0 Å². The Morgan fingerprint density at radius 3 is 2.53 bits per heavy atom. The monoisotopic (exact) mass is 233 g/mol. The molecule has 0 aromatic heterocycles. The van der Waals surface area contributed by atoms with E-state index in [9.17, 15) is 18.0 Å². The highest BCUT2D eigenvalue weighted by atomic mass is 35.5. The van der Waals surface area contributed by atoms with Crippen molar-refractivity contribution in [1.82, 2.24) is 0 Å². The fraction of sp³-hybridized carbons (Fsp3) is 0.111. The summed E-state index contributed by atoms with van der Waals surface area (Å²) in [5, 5.41) is 4.35. The average molecular weight is 234 g/mol. The van der Waals surface area contributed by atoms with E-state index in [0.29, 0.717) is 0 Å². The van der Waals surface area contributed by atoms with Gasteiger partial charge >= 0.3 is 5.38 Å². The molecule has 1 aromatic carbocycles. The van der Waals surface area contributed by atoms with Crippen molar-refractivity contribution in [3.05, 3.63) is 35.1 Å². The van der Waals surface area contributed by atoms with Crippen LogP contribution in [0.4, 0.5) is 13.2 Å². The summed E-state index contributed by atoms with van der Waals surface area (Å²) in [4.78, 5) is 10.9. The van der Waals surface area contributed by atoms with Gasteiger partial charge in [0.1, 0.15) is 11.9 Å². The van der Waals surface area contributed by atoms with Crippen LogP contribution in [-0.2, 0) is 0 Å². The van der Waals surface area contributed by atoms with Crippen molar-refractivity contribution in [2.45, 2.75) is 5.38 Å². The molecule has 0 atom stereocenters. The first-order valence-electron chi connectivity index (χ1n) is 3.67. The van der Waals surface area contributed by atoms with Crippen LogP contribution < -0.4 is 0 Å². The van der Waals surface area contributed by atoms with Gasteiger partial charge in [0.15, 0.2) is 0 Å². The first-order valence-corrected chi connectivity index (χ1v) is 4.05. The predicted octanol–water partition coefficient (Wildman–Crippen LogP) is 2.71. The maximum atomic E-state index is 12.8. The van der Waals surface area contributed by atoms with Crippen molar-refractivity contribution in [1.29, 1.82) is 5.26 Å². The molecule has 0 aliphatic heterocycles. The van der Waals surface area contributed by atoms with E-state index in [-0.39, 0.29) is 0 Å². The highest BCUT2D eigenvalue weighted by molar-refractivity contribution is 6.35. The van der Waals surface area contributed by atoms with Gasteiger partial charge in [-0.05, 0) is 29.8 Å². The SMILES string of the molecule is N#Cc1cc(C(=O)C(F)(F)Cl)ccc1F. The second kappa shape index (κ2) is 3.91. The van der Waals surface area contributed by atoms with Crippen LogP contribution in [0.2, 0.25) is 0 Å². The predicted molar refractivity (Wildman–Crippen MR) is 46.2 cm³/mol. The molecule has 6 heteroatoms. The quantitative estimate of drug-likeness (QED) is 0.582. The van der Waals surface area contributed by atoms with Crippen LogP contribution in [0.5, 0.6) is 0 Å². The fourth-order valence-electron chi connectivity index (χ4n) is 0.916. The van der Waals surface area contributed by atoms with Gasteiger partial charge in [-0.2, -0.15) is 14.0 Å². The van der Waals surface area contributed by atoms with Gasteiger partial charge in [0.05, 0.1) is 5.56 Å². The molecule has 78 valence electrons. The Labute approximate surface area is 87.9 Å². The van der Waals surface area contributed by atoms with Crippen LogP contribution in [0.1, 0.15) is 15.9 Å². The Hall–Kier alpha value is -1.54. The van der Waals surface area contributed by atoms with Gasteiger partial charge in [0.2, 0.25) is 5.78 Å². The Morgan fingerprint density at radius 1 is 1.47 bits per heavy atom. The molecule has 0 spiro atoms. The molecular formula is C9H3ClF3NO. The third kappa shape index (κ3) is 2.48. The number of Topliss-reactive ketones (excluding diaryl/α,β-unsaturated/α-hetero) is 1. The molecular weight excluding hydrogens is 231 g/mol. The van der Waals surface area contributed by atoms with E-state index < -0.39 is 28.1 Å². The van der Waals surface area contributed by atoms with Crippen molar-refractivity contribution in [2.75, 3.05) is 0 Å². The summed E-state index contributed by atoms with van der Waals surface area (Å²) in [6.07, 6.45) is 0. The Balaban J connectivity index is 3.20. The van der Waals surface area contributed by atoms with Crippen molar-refractivity contribution in [3.63, 3.8) is 0 Å². The third-order valence-corrected chi connectivity index (χ3v) is 1.78. The van der Waals surface area contributed by atoms with Gasteiger partial charge in [-0.25, -0.2) is 4.39 Å². The Kier molecular flexibility index (Phi) is 3.01. The molecule has 0 amide bonds. The number of rotatable bonds is 2. The number of nitriles is 1. The normalized spacial score (nSPS) is 10.9. The molecule has 0 heterocycles. The van der Waals surface area contributed by atoms with Gasteiger partial charge in [0.25, 0.3) is 0 Å². The largest absolute Gasteiger partial charge is 0.384 e. The van der Waals surface area contributed by atoms with E-state index in [1.165, 1.54) is 6.07 Å². The standard InChI is InChI=1S/C9H3ClF3NO/c10-9(12,13)8(15)5-1-2-7(11)6(3-5)4-14/h1-3H. The van der Waals surface area contributed by atoms with Gasteiger partial charge in [-0.3, -0.25) is 4.79 Å². The highest BCUT2D eigenvalue weighted by Crippen LogP contribution is 2.25. The van der Waals surface area contributed by atoms with E-state index >= 15 is 0 Å². The number of nitrogens with zero attached hydrogens (tertiary/aromatic N) is 1. The van der Waals surface area contributed by atoms with Crippen LogP contribution >= 0.6 is 11.6 Å². The zero-order chi connectivity index (χ0) is 11.6. The van der Waals surface area contributed by atoms with Gasteiger partial charge < -0.3 is 0 Å². The molecule has 0 aliphatic rings. The Morgan fingerprint density at radius 2 is 2.07 bits per heavy atom. The maximum absolute atomic E-state index is 12.8.